The second-order valence-electron chi connectivity index (χ2n) is 7.00. The lowest BCUT2D eigenvalue weighted by Gasteiger charge is -2.17. The number of esters is 1. The number of thiazole rings is 1. The van der Waals surface area contributed by atoms with E-state index in [4.69, 9.17) is 10.5 Å². The van der Waals surface area contributed by atoms with Gasteiger partial charge in [-0.05, 0) is 43.2 Å². The number of aromatic nitrogens is 1. The molecule has 0 saturated carbocycles. The van der Waals surface area contributed by atoms with Crippen molar-refractivity contribution in [3.05, 3.63) is 68.0 Å². The maximum atomic E-state index is 12.6. The molecule has 1 aliphatic heterocycles. The number of nitro benzene ring substituents is 1. The van der Waals surface area contributed by atoms with Gasteiger partial charge in [0, 0.05) is 29.2 Å². The van der Waals surface area contributed by atoms with Crippen LogP contribution in [0.5, 0.6) is 0 Å². The highest BCUT2D eigenvalue weighted by atomic mass is 32.1. The maximum Gasteiger partial charge on any atom is 0.338 e. The van der Waals surface area contributed by atoms with E-state index in [1.54, 1.807) is 16.2 Å². The van der Waals surface area contributed by atoms with Gasteiger partial charge in [0.2, 0.25) is 0 Å². The molecule has 3 aromatic rings. The number of nitrogens with zero attached hydrogens (tertiary/aromatic N) is 3. The molecule has 158 valence electrons. The van der Waals surface area contributed by atoms with Gasteiger partial charge in [0.25, 0.3) is 11.6 Å². The van der Waals surface area contributed by atoms with Gasteiger partial charge in [0.15, 0.2) is 6.61 Å². The van der Waals surface area contributed by atoms with E-state index in [1.807, 2.05) is 30.5 Å². The Morgan fingerprint density at radius 1 is 1.29 bits per heavy atom. The first kappa shape index (κ1) is 20.5. The van der Waals surface area contributed by atoms with E-state index in [0.29, 0.717) is 13.0 Å². The van der Waals surface area contributed by atoms with Crippen molar-refractivity contribution < 1.29 is 19.2 Å². The molecule has 10 heteroatoms. The smallest absolute Gasteiger partial charge is 0.338 e. The summed E-state index contributed by atoms with van der Waals surface area (Å²) in [4.78, 5) is 41.2. The Bertz CT molecular complexity index is 1210. The summed E-state index contributed by atoms with van der Waals surface area (Å²) in [6.45, 7) is 1.97. The van der Waals surface area contributed by atoms with Gasteiger partial charge in [0.1, 0.15) is 5.69 Å². The third-order valence-corrected chi connectivity index (χ3v) is 5.75. The Kier molecular flexibility index (Phi) is 5.38. The number of nitro groups is 1. The van der Waals surface area contributed by atoms with Crippen molar-refractivity contribution >= 4 is 40.3 Å². The molecule has 0 aliphatic carbocycles. The molecule has 2 aromatic carbocycles. The highest BCUT2D eigenvalue weighted by molar-refractivity contribution is 7.09. The summed E-state index contributed by atoms with van der Waals surface area (Å²) >= 11 is 1.58. The Balaban J connectivity index is 1.43. The highest BCUT2D eigenvalue weighted by Crippen LogP contribution is 2.33. The predicted molar refractivity (Wildman–Crippen MR) is 116 cm³/mol. The van der Waals surface area contributed by atoms with Gasteiger partial charge in [-0.3, -0.25) is 14.9 Å². The van der Waals surface area contributed by atoms with Gasteiger partial charge in [-0.1, -0.05) is 6.07 Å². The van der Waals surface area contributed by atoms with Gasteiger partial charge in [-0.2, -0.15) is 0 Å². The number of anilines is 2. The lowest BCUT2D eigenvalue weighted by Crippen LogP contribution is -2.33. The second-order valence-corrected chi connectivity index (χ2v) is 8.06. The second kappa shape index (κ2) is 8.15. The molecule has 0 bridgehead atoms. The molecule has 0 saturated heterocycles. The van der Waals surface area contributed by atoms with Crippen LogP contribution in [0, 0.1) is 17.0 Å². The molecule has 1 amide bonds. The van der Waals surface area contributed by atoms with Gasteiger partial charge in [-0.15, -0.1) is 11.3 Å². The molecular formula is C21H18N4O5S. The largest absolute Gasteiger partial charge is 0.452 e. The van der Waals surface area contributed by atoms with E-state index < -0.39 is 17.5 Å². The van der Waals surface area contributed by atoms with E-state index >= 15 is 0 Å². The zero-order chi connectivity index (χ0) is 22.1. The average Bonchev–Trinajstić information content (AvgIpc) is 3.37. The minimum atomic E-state index is -0.829. The molecule has 0 fully saturated rings. The van der Waals surface area contributed by atoms with Crippen LogP contribution in [-0.2, 0) is 16.0 Å². The van der Waals surface area contributed by atoms with E-state index in [-0.39, 0.29) is 22.8 Å². The molecule has 9 nitrogen and oxygen atoms in total. The van der Waals surface area contributed by atoms with Crippen LogP contribution in [0.2, 0.25) is 0 Å². The Labute approximate surface area is 181 Å². The predicted octanol–water partition coefficient (Wildman–Crippen LogP) is 3.36. The van der Waals surface area contributed by atoms with Crippen molar-refractivity contribution in [2.24, 2.45) is 0 Å². The number of fused-ring (bicyclic) bond motifs is 1. The minimum Gasteiger partial charge on any atom is -0.452 e. The monoisotopic (exact) mass is 438 g/mol. The highest BCUT2D eigenvalue weighted by Gasteiger charge is 2.26. The SMILES string of the molecule is Cc1nc(-c2ccc3c(c2)CCN3C(=O)COC(=O)c2ccc(N)c([N+](=O)[O-])c2)cs1. The molecule has 0 atom stereocenters. The molecular weight excluding hydrogens is 420 g/mol. The summed E-state index contributed by atoms with van der Waals surface area (Å²) in [5, 5.41) is 14.0. The van der Waals surface area contributed by atoms with Crippen LogP contribution in [-0.4, -0.2) is 34.9 Å². The average molecular weight is 438 g/mol. The fourth-order valence-corrected chi connectivity index (χ4v) is 4.06. The lowest BCUT2D eigenvalue weighted by atomic mass is 10.1. The zero-order valence-corrected chi connectivity index (χ0v) is 17.3. The molecule has 2 N–H and O–H groups in total. The van der Waals surface area contributed by atoms with Gasteiger partial charge in [0.05, 0.1) is 21.2 Å². The standard InChI is InChI=1S/C21H18N4O5S/c1-12-23-17(11-31-12)13-3-5-18-14(8-13)6-7-24(18)20(26)10-30-21(27)15-2-4-16(22)19(9-15)25(28)29/h2-5,8-9,11H,6-7,10,22H2,1H3. The summed E-state index contributed by atoms with van der Waals surface area (Å²) in [5.41, 5.74) is 8.74. The third kappa shape index (κ3) is 4.10. The maximum absolute atomic E-state index is 12.6. The molecule has 4 rings (SSSR count). The molecule has 0 unspecified atom stereocenters. The van der Waals surface area contributed by atoms with Crippen LogP contribution in [0.15, 0.2) is 41.8 Å². The number of nitrogens with two attached hydrogens (primary N) is 1. The number of carbonyl (C=O) groups is 2. The number of benzene rings is 2. The van der Waals surface area contributed by atoms with Crippen molar-refractivity contribution in [3.8, 4) is 11.3 Å². The first-order valence-electron chi connectivity index (χ1n) is 9.40. The summed E-state index contributed by atoms with van der Waals surface area (Å²) < 4.78 is 5.09. The third-order valence-electron chi connectivity index (χ3n) is 4.98. The first-order chi connectivity index (χ1) is 14.8. The fourth-order valence-electron chi connectivity index (χ4n) is 3.43. The Morgan fingerprint density at radius 3 is 2.81 bits per heavy atom. The van der Waals surface area contributed by atoms with Crippen molar-refractivity contribution in [1.82, 2.24) is 4.98 Å². The fraction of sp³-hybridized carbons (Fsp3) is 0.190. The summed E-state index contributed by atoms with van der Waals surface area (Å²) in [6.07, 6.45) is 0.691. The number of nitrogen functional groups attached to an aromatic ring is 1. The molecule has 2 heterocycles. The van der Waals surface area contributed by atoms with Crippen LogP contribution in [0.1, 0.15) is 20.9 Å². The molecule has 1 aromatic heterocycles. The zero-order valence-electron chi connectivity index (χ0n) is 16.5. The Morgan fingerprint density at radius 2 is 2.10 bits per heavy atom. The quantitative estimate of drug-likeness (QED) is 0.280. The molecule has 0 spiro atoms. The van der Waals surface area contributed by atoms with Crippen molar-refractivity contribution in [2.45, 2.75) is 13.3 Å². The topological polar surface area (TPSA) is 129 Å². The molecule has 1 aliphatic rings. The number of carbonyl (C=O) groups excluding carboxylic acids is 2. The van der Waals surface area contributed by atoms with Crippen LogP contribution in [0.4, 0.5) is 17.1 Å². The number of hydrogen-bond donors (Lipinski definition) is 1. The summed E-state index contributed by atoms with van der Waals surface area (Å²) in [5.74, 6) is -1.19. The summed E-state index contributed by atoms with van der Waals surface area (Å²) in [7, 11) is 0. The van der Waals surface area contributed by atoms with E-state index in [2.05, 4.69) is 4.98 Å². The van der Waals surface area contributed by atoms with Crippen LogP contribution < -0.4 is 10.6 Å². The normalized spacial score (nSPS) is 12.5. The minimum absolute atomic E-state index is 0.0429. The number of amides is 1. The Hall–Kier alpha value is -3.79. The van der Waals surface area contributed by atoms with Crippen LogP contribution in [0.3, 0.4) is 0 Å². The number of aryl methyl sites for hydroxylation is 1. The first-order valence-corrected chi connectivity index (χ1v) is 10.3. The van der Waals surface area contributed by atoms with E-state index in [9.17, 15) is 19.7 Å². The van der Waals surface area contributed by atoms with Crippen LogP contribution in [0.25, 0.3) is 11.3 Å². The number of ether oxygens (including phenoxy) is 1. The van der Waals surface area contributed by atoms with Gasteiger partial charge in [-0.25, -0.2) is 9.78 Å². The van der Waals surface area contributed by atoms with Crippen molar-refractivity contribution in [2.75, 3.05) is 23.8 Å². The number of hydrogen-bond acceptors (Lipinski definition) is 8. The molecule has 0 radical (unpaired) electrons. The van der Waals surface area contributed by atoms with Gasteiger partial charge >= 0.3 is 5.97 Å². The van der Waals surface area contributed by atoms with E-state index in [0.717, 1.165) is 33.6 Å². The molecule has 31 heavy (non-hydrogen) atoms. The van der Waals surface area contributed by atoms with Crippen molar-refractivity contribution in [3.63, 3.8) is 0 Å². The summed E-state index contributed by atoms with van der Waals surface area (Å²) in [6, 6.07) is 9.43. The van der Waals surface area contributed by atoms with Crippen LogP contribution >= 0.6 is 11.3 Å². The lowest BCUT2D eigenvalue weighted by molar-refractivity contribution is -0.383. The number of rotatable bonds is 5. The van der Waals surface area contributed by atoms with E-state index in [1.165, 1.54) is 12.1 Å². The van der Waals surface area contributed by atoms with Crippen molar-refractivity contribution in [1.29, 1.82) is 0 Å². The van der Waals surface area contributed by atoms with Gasteiger partial charge < -0.3 is 15.4 Å².